The first-order valence-electron chi connectivity index (χ1n) is 8.44. The molecule has 0 bridgehead atoms. The second kappa shape index (κ2) is 6.80. The molecule has 2 heterocycles. The molecule has 0 aromatic rings. The molecule has 2 fully saturated rings. The summed E-state index contributed by atoms with van der Waals surface area (Å²) in [4.78, 5) is 5.04. The number of allylic oxidation sites excluding steroid dienone is 2. The Bertz CT molecular complexity index is 453. The molecule has 120 valence electrons. The fraction of sp³-hybridized carbons (Fsp3) is 0.875. The highest BCUT2D eigenvalue weighted by Crippen LogP contribution is 2.23. The molecule has 0 aromatic heterocycles. The Morgan fingerprint density at radius 1 is 0.952 bits per heavy atom. The molecule has 2 aliphatic heterocycles. The third-order valence-corrected chi connectivity index (χ3v) is 6.96. The van der Waals surface area contributed by atoms with Crippen LogP contribution in [0.3, 0.4) is 0 Å². The van der Waals surface area contributed by atoms with Crippen LogP contribution in [-0.2, 0) is 9.84 Å². The van der Waals surface area contributed by atoms with E-state index in [1.165, 1.54) is 51.7 Å². The monoisotopic (exact) mass is 312 g/mol. The lowest BCUT2D eigenvalue weighted by atomic mass is 9.92. The summed E-state index contributed by atoms with van der Waals surface area (Å²) in [5.74, 6) is 1.58. The predicted molar refractivity (Wildman–Crippen MR) is 86.2 cm³/mol. The van der Waals surface area contributed by atoms with Crippen molar-refractivity contribution in [1.82, 2.24) is 9.80 Å². The van der Waals surface area contributed by atoms with E-state index in [4.69, 9.17) is 0 Å². The number of hydrogen-bond acceptors (Lipinski definition) is 4. The summed E-state index contributed by atoms with van der Waals surface area (Å²) in [5.41, 5.74) is 0. The second-order valence-electron chi connectivity index (χ2n) is 6.87. The van der Waals surface area contributed by atoms with Gasteiger partial charge in [-0.25, -0.2) is 8.42 Å². The molecule has 1 atom stereocenters. The van der Waals surface area contributed by atoms with E-state index >= 15 is 0 Å². The van der Waals surface area contributed by atoms with Gasteiger partial charge in [0.15, 0.2) is 9.84 Å². The van der Waals surface area contributed by atoms with Gasteiger partial charge < -0.3 is 4.90 Å². The van der Waals surface area contributed by atoms with Crippen LogP contribution in [0.5, 0.6) is 0 Å². The molecule has 0 radical (unpaired) electrons. The average molecular weight is 312 g/mol. The largest absolute Gasteiger partial charge is 0.303 e. The van der Waals surface area contributed by atoms with Crippen LogP contribution < -0.4 is 0 Å². The molecule has 2 saturated heterocycles. The van der Waals surface area contributed by atoms with Gasteiger partial charge in [-0.05, 0) is 51.1 Å². The van der Waals surface area contributed by atoms with Crippen LogP contribution in [0.4, 0.5) is 0 Å². The van der Waals surface area contributed by atoms with Crippen LogP contribution in [0.25, 0.3) is 0 Å². The van der Waals surface area contributed by atoms with Crippen molar-refractivity contribution in [3.63, 3.8) is 0 Å². The molecular formula is C16H28N2O2S. The third kappa shape index (κ3) is 4.30. The quantitative estimate of drug-likeness (QED) is 0.741. The number of likely N-dealkylation sites (tertiary alicyclic amines) is 1. The van der Waals surface area contributed by atoms with Crippen molar-refractivity contribution in [2.75, 3.05) is 44.2 Å². The Labute approximate surface area is 129 Å². The number of rotatable bonds is 3. The fourth-order valence-electron chi connectivity index (χ4n) is 3.95. The zero-order valence-corrected chi connectivity index (χ0v) is 13.7. The van der Waals surface area contributed by atoms with E-state index in [0.29, 0.717) is 17.5 Å². The number of nitrogens with zero attached hydrogens (tertiary/aromatic N) is 2. The molecule has 0 aromatic carbocycles. The zero-order valence-electron chi connectivity index (χ0n) is 12.9. The summed E-state index contributed by atoms with van der Waals surface area (Å²) < 4.78 is 23.0. The van der Waals surface area contributed by atoms with Crippen molar-refractivity contribution in [2.24, 2.45) is 5.92 Å². The summed E-state index contributed by atoms with van der Waals surface area (Å²) in [5, 5.41) is 0. The maximum Gasteiger partial charge on any atom is 0.152 e. The number of piperidine rings is 1. The first-order valence-corrected chi connectivity index (χ1v) is 10.3. The highest BCUT2D eigenvalue weighted by atomic mass is 32.2. The van der Waals surface area contributed by atoms with Gasteiger partial charge in [0.05, 0.1) is 11.5 Å². The van der Waals surface area contributed by atoms with Crippen molar-refractivity contribution >= 4 is 9.84 Å². The topological polar surface area (TPSA) is 40.6 Å². The molecule has 0 saturated carbocycles. The lowest BCUT2D eigenvalue weighted by Gasteiger charge is -2.41. The van der Waals surface area contributed by atoms with Crippen molar-refractivity contribution in [3.05, 3.63) is 12.2 Å². The SMILES string of the molecule is O=S1(=O)CCN(C2CCN(C[C@@H]3CC=CCC3)CC2)CC1. The van der Waals surface area contributed by atoms with E-state index < -0.39 is 9.84 Å². The minimum Gasteiger partial charge on any atom is -0.303 e. The molecular weight excluding hydrogens is 284 g/mol. The van der Waals surface area contributed by atoms with Gasteiger partial charge in [-0.1, -0.05) is 12.2 Å². The van der Waals surface area contributed by atoms with Crippen molar-refractivity contribution in [2.45, 2.75) is 38.1 Å². The smallest absolute Gasteiger partial charge is 0.152 e. The lowest BCUT2D eigenvalue weighted by molar-refractivity contribution is 0.103. The minimum absolute atomic E-state index is 0.363. The van der Waals surface area contributed by atoms with Gasteiger partial charge in [-0.2, -0.15) is 0 Å². The molecule has 1 aliphatic carbocycles. The van der Waals surface area contributed by atoms with Gasteiger partial charge in [0.1, 0.15) is 0 Å². The van der Waals surface area contributed by atoms with Gasteiger partial charge in [0.25, 0.3) is 0 Å². The third-order valence-electron chi connectivity index (χ3n) is 5.35. The Hall–Kier alpha value is -0.390. The molecule has 0 N–H and O–H groups in total. The molecule has 0 spiro atoms. The maximum atomic E-state index is 11.5. The highest BCUT2D eigenvalue weighted by molar-refractivity contribution is 7.91. The zero-order chi connectivity index (χ0) is 14.7. The molecule has 5 heteroatoms. The second-order valence-corrected chi connectivity index (χ2v) is 9.17. The lowest BCUT2D eigenvalue weighted by Crippen LogP contribution is -2.50. The first-order chi connectivity index (χ1) is 10.1. The van der Waals surface area contributed by atoms with Crippen LogP contribution in [0, 0.1) is 5.92 Å². The maximum absolute atomic E-state index is 11.5. The number of sulfone groups is 1. The van der Waals surface area contributed by atoms with Crippen LogP contribution in [0.15, 0.2) is 12.2 Å². The van der Waals surface area contributed by atoms with Crippen LogP contribution >= 0.6 is 0 Å². The van der Waals surface area contributed by atoms with E-state index in [-0.39, 0.29) is 0 Å². The molecule has 3 aliphatic rings. The van der Waals surface area contributed by atoms with Crippen LogP contribution in [-0.4, -0.2) is 68.5 Å². The van der Waals surface area contributed by atoms with Gasteiger partial charge in [-0.3, -0.25) is 4.90 Å². The van der Waals surface area contributed by atoms with Crippen LogP contribution in [0.2, 0.25) is 0 Å². The van der Waals surface area contributed by atoms with E-state index in [1.54, 1.807) is 0 Å². The Kier molecular flexibility index (Phi) is 5.02. The number of hydrogen-bond donors (Lipinski definition) is 0. The van der Waals surface area contributed by atoms with E-state index in [0.717, 1.165) is 19.0 Å². The molecule has 21 heavy (non-hydrogen) atoms. The average Bonchev–Trinajstić information content (AvgIpc) is 2.49. The predicted octanol–water partition coefficient (Wildman–Crippen LogP) is 1.54. The summed E-state index contributed by atoms with van der Waals surface area (Å²) >= 11 is 0. The normalized spacial score (nSPS) is 32.3. The van der Waals surface area contributed by atoms with Gasteiger partial charge in [0.2, 0.25) is 0 Å². The van der Waals surface area contributed by atoms with Crippen molar-refractivity contribution in [3.8, 4) is 0 Å². The van der Waals surface area contributed by atoms with Crippen LogP contribution in [0.1, 0.15) is 32.1 Å². The Balaban J connectivity index is 1.42. The van der Waals surface area contributed by atoms with E-state index in [9.17, 15) is 8.42 Å². The molecule has 3 rings (SSSR count). The summed E-state index contributed by atoms with van der Waals surface area (Å²) in [6, 6.07) is 0.614. The molecule has 0 amide bonds. The van der Waals surface area contributed by atoms with Gasteiger partial charge in [-0.15, -0.1) is 0 Å². The van der Waals surface area contributed by atoms with E-state index in [2.05, 4.69) is 22.0 Å². The Morgan fingerprint density at radius 2 is 1.67 bits per heavy atom. The standard InChI is InChI=1S/C16H28N2O2S/c19-21(20)12-10-18(11-13-21)16-6-8-17(9-7-16)14-15-4-2-1-3-5-15/h1-2,15-16H,3-14H2/t15-/m1/s1. The molecule has 0 unspecified atom stereocenters. The Morgan fingerprint density at radius 3 is 2.29 bits per heavy atom. The van der Waals surface area contributed by atoms with Crippen molar-refractivity contribution < 1.29 is 8.42 Å². The van der Waals surface area contributed by atoms with Gasteiger partial charge in [0, 0.05) is 25.7 Å². The fourth-order valence-corrected chi connectivity index (χ4v) is 5.18. The highest BCUT2D eigenvalue weighted by Gasteiger charge is 2.30. The van der Waals surface area contributed by atoms with E-state index in [1.807, 2.05) is 0 Å². The van der Waals surface area contributed by atoms with Gasteiger partial charge >= 0.3 is 0 Å². The summed E-state index contributed by atoms with van der Waals surface area (Å²) in [6.07, 6.45) is 10.9. The minimum atomic E-state index is -2.74. The summed E-state index contributed by atoms with van der Waals surface area (Å²) in [7, 11) is -2.74. The van der Waals surface area contributed by atoms with Crippen molar-refractivity contribution in [1.29, 1.82) is 0 Å². The summed E-state index contributed by atoms with van der Waals surface area (Å²) in [6.45, 7) is 5.13. The molecule has 4 nitrogen and oxygen atoms in total. The first kappa shape index (κ1) is 15.5.